The van der Waals surface area contributed by atoms with Gasteiger partial charge >= 0.3 is 0 Å². The Morgan fingerprint density at radius 3 is 2.95 bits per heavy atom. The number of imide groups is 1. The van der Waals surface area contributed by atoms with Crippen molar-refractivity contribution in [3.63, 3.8) is 0 Å². The molecule has 1 N–H and O–H groups in total. The number of rotatable bonds is 2. The van der Waals surface area contributed by atoms with Gasteiger partial charge in [-0.1, -0.05) is 0 Å². The predicted octanol–water partition coefficient (Wildman–Crippen LogP) is 1.96. The fourth-order valence-electron chi connectivity index (χ4n) is 2.42. The first kappa shape index (κ1) is 11.8. The molecule has 0 bridgehead atoms. The normalized spacial score (nSPS) is 19.5. The third-order valence-electron chi connectivity index (χ3n) is 3.43. The molecule has 1 aromatic heterocycles. The van der Waals surface area contributed by atoms with Crippen LogP contribution in [0.2, 0.25) is 0 Å². The number of fused-ring (bicyclic) bond motifs is 1. The van der Waals surface area contributed by atoms with E-state index in [9.17, 15) is 9.59 Å². The fraction of sp³-hybridized carbons (Fsp3) is 0.286. The number of ether oxygens (including phenoxy) is 1. The van der Waals surface area contributed by atoms with Crippen molar-refractivity contribution in [3.05, 3.63) is 30.0 Å². The second kappa shape index (κ2) is 4.42. The van der Waals surface area contributed by atoms with Crippen LogP contribution in [0.5, 0.6) is 5.75 Å². The van der Waals surface area contributed by atoms with Gasteiger partial charge in [-0.25, -0.2) is 0 Å². The van der Waals surface area contributed by atoms with E-state index < -0.39 is 0 Å². The highest BCUT2D eigenvalue weighted by Crippen LogP contribution is 2.33. The molecule has 1 saturated heterocycles. The summed E-state index contributed by atoms with van der Waals surface area (Å²) in [5, 5.41) is 3.25. The average Bonchev–Trinajstić information content (AvgIpc) is 2.81. The minimum atomic E-state index is -0.327. The quantitative estimate of drug-likeness (QED) is 0.837. The molecular weight excluding hydrogens is 246 g/mol. The third kappa shape index (κ3) is 1.97. The second-order valence-corrected chi connectivity index (χ2v) is 4.56. The summed E-state index contributed by atoms with van der Waals surface area (Å²) in [6.45, 7) is 0. The largest absolute Gasteiger partial charge is 0.497 e. The van der Waals surface area contributed by atoms with Crippen molar-refractivity contribution < 1.29 is 18.7 Å². The maximum atomic E-state index is 11.9. The first-order chi connectivity index (χ1) is 9.19. The molecule has 2 heterocycles. The molecule has 2 aromatic rings. The van der Waals surface area contributed by atoms with Crippen molar-refractivity contribution in [1.82, 2.24) is 5.32 Å². The van der Waals surface area contributed by atoms with E-state index in [2.05, 4.69) is 5.32 Å². The number of benzene rings is 1. The first-order valence-electron chi connectivity index (χ1n) is 6.08. The zero-order valence-corrected chi connectivity index (χ0v) is 10.4. The lowest BCUT2D eigenvalue weighted by Crippen LogP contribution is -2.39. The molecule has 0 radical (unpaired) electrons. The Hall–Kier alpha value is -2.30. The zero-order valence-electron chi connectivity index (χ0n) is 10.4. The standard InChI is InChI=1S/C14H13NO4/c1-18-8-2-3-9-11(7-19-12(9)6-8)10-4-5-13(16)15-14(10)17/h2-3,6-7,10H,4-5H2,1H3,(H,15,16,17). The van der Waals surface area contributed by atoms with Gasteiger partial charge in [0.1, 0.15) is 11.3 Å². The molecule has 5 heteroatoms. The number of nitrogens with one attached hydrogen (secondary N) is 1. The van der Waals surface area contributed by atoms with E-state index in [-0.39, 0.29) is 17.7 Å². The van der Waals surface area contributed by atoms with Crippen LogP contribution in [0.4, 0.5) is 0 Å². The highest BCUT2D eigenvalue weighted by molar-refractivity contribution is 6.02. The van der Waals surface area contributed by atoms with Gasteiger partial charge in [-0.2, -0.15) is 0 Å². The number of piperidine rings is 1. The molecule has 5 nitrogen and oxygen atoms in total. The lowest BCUT2D eigenvalue weighted by Gasteiger charge is -2.19. The minimum absolute atomic E-state index is 0.212. The molecule has 1 atom stereocenters. The molecule has 2 amide bonds. The van der Waals surface area contributed by atoms with Gasteiger partial charge in [0.15, 0.2) is 0 Å². The Morgan fingerprint density at radius 1 is 1.37 bits per heavy atom. The molecular formula is C14H13NO4. The summed E-state index contributed by atoms with van der Waals surface area (Å²) in [4.78, 5) is 23.0. The van der Waals surface area contributed by atoms with Crippen LogP contribution < -0.4 is 10.1 Å². The molecule has 1 aromatic carbocycles. The number of carbonyl (C=O) groups is 2. The van der Waals surface area contributed by atoms with Gasteiger partial charge in [-0.15, -0.1) is 0 Å². The van der Waals surface area contributed by atoms with E-state index in [1.165, 1.54) is 0 Å². The number of carbonyl (C=O) groups excluding carboxylic acids is 2. The van der Waals surface area contributed by atoms with Crippen LogP contribution in [0.15, 0.2) is 28.9 Å². The van der Waals surface area contributed by atoms with Crippen molar-refractivity contribution in [2.24, 2.45) is 0 Å². The van der Waals surface area contributed by atoms with Crippen LogP contribution in [0.3, 0.4) is 0 Å². The van der Waals surface area contributed by atoms with Gasteiger partial charge in [0, 0.05) is 23.4 Å². The molecule has 1 fully saturated rings. The van der Waals surface area contributed by atoms with Crippen LogP contribution in [0.1, 0.15) is 24.3 Å². The number of methoxy groups -OCH3 is 1. The van der Waals surface area contributed by atoms with Crippen LogP contribution in [0, 0.1) is 0 Å². The van der Waals surface area contributed by atoms with Crippen molar-refractivity contribution in [1.29, 1.82) is 0 Å². The summed E-state index contributed by atoms with van der Waals surface area (Å²) >= 11 is 0. The molecule has 0 aliphatic carbocycles. The van der Waals surface area contributed by atoms with Crippen LogP contribution in [0.25, 0.3) is 11.0 Å². The zero-order chi connectivity index (χ0) is 13.4. The predicted molar refractivity (Wildman–Crippen MR) is 67.9 cm³/mol. The molecule has 0 spiro atoms. The number of amides is 2. The Balaban J connectivity index is 2.01. The molecule has 0 saturated carbocycles. The first-order valence-corrected chi connectivity index (χ1v) is 6.08. The van der Waals surface area contributed by atoms with Gasteiger partial charge in [0.05, 0.1) is 19.3 Å². The Labute approximate surface area is 109 Å². The van der Waals surface area contributed by atoms with E-state index in [1.807, 2.05) is 12.1 Å². The van der Waals surface area contributed by atoms with Gasteiger partial charge in [0.25, 0.3) is 0 Å². The SMILES string of the molecule is COc1ccc2c(C3CCC(=O)NC3=O)coc2c1. The van der Waals surface area contributed by atoms with Crippen molar-refractivity contribution in [2.75, 3.05) is 7.11 Å². The summed E-state index contributed by atoms with van der Waals surface area (Å²) < 4.78 is 10.6. The lowest BCUT2D eigenvalue weighted by atomic mass is 9.90. The second-order valence-electron chi connectivity index (χ2n) is 4.56. The summed E-state index contributed by atoms with van der Waals surface area (Å²) in [5.74, 6) is -0.0884. The van der Waals surface area contributed by atoms with Crippen molar-refractivity contribution in [3.8, 4) is 5.75 Å². The van der Waals surface area contributed by atoms with E-state index in [4.69, 9.17) is 9.15 Å². The summed E-state index contributed by atoms with van der Waals surface area (Å²) in [5.41, 5.74) is 1.50. The van der Waals surface area contributed by atoms with E-state index in [0.717, 1.165) is 10.9 Å². The molecule has 1 aliphatic heterocycles. The highest BCUT2D eigenvalue weighted by Gasteiger charge is 2.30. The molecule has 1 unspecified atom stereocenters. The topological polar surface area (TPSA) is 68.5 Å². The van der Waals surface area contributed by atoms with Crippen LogP contribution in [-0.2, 0) is 9.59 Å². The molecule has 98 valence electrons. The van der Waals surface area contributed by atoms with E-state index in [0.29, 0.717) is 24.2 Å². The maximum Gasteiger partial charge on any atom is 0.234 e. The maximum absolute atomic E-state index is 11.9. The third-order valence-corrected chi connectivity index (χ3v) is 3.43. The Kier molecular flexibility index (Phi) is 2.74. The van der Waals surface area contributed by atoms with E-state index in [1.54, 1.807) is 19.4 Å². The van der Waals surface area contributed by atoms with Crippen LogP contribution in [-0.4, -0.2) is 18.9 Å². The highest BCUT2D eigenvalue weighted by atomic mass is 16.5. The summed E-state index contributed by atoms with van der Waals surface area (Å²) in [6, 6.07) is 5.48. The van der Waals surface area contributed by atoms with Gasteiger partial charge in [-0.3, -0.25) is 14.9 Å². The van der Waals surface area contributed by atoms with Gasteiger partial charge in [0.2, 0.25) is 11.8 Å². The van der Waals surface area contributed by atoms with Crippen molar-refractivity contribution in [2.45, 2.75) is 18.8 Å². The molecule has 19 heavy (non-hydrogen) atoms. The van der Waals surface area contributed by atoms with Gasteiger partial charge in [-0.05, 0) is 18.6 Å². The van der Waals surface area contributed by atoms with E-state index >= 15 is 0 Å². The van der Waals surface area contributed by atoms with Crippen LogP contribution >= 0.6 is 0 Å². The average molecular weight is 259 g/mol. The monoisotopic (exact) mass is 259 g/mol. The number of furan rings is 1. The number of hydrogen-bond donors (Lipinski definition) is 1. The summed E-state index contributed by atoms with van der Waals surface area (Å²) in [7, 11) is 1.59. The van der Waals surface area contributed by atoms with Crippen molar-refractivity contribution >= 4 is 22.8 Å². The summed E-state index contributed by atoms with van der Waals surface area (Å²) in [6.07, 6.45) is 2.47. The molecule has 3 rings (SSSR count). The van der Waals surface area contributed by atoms with Gasteiger partial charge < -0.3 is 9.15 Å². The Bertz CT molecular complexity index is 659. The minimum Gasteiger partial charge on any atom is -0.497 e. The smallest absolute Gasteiger partial charge is 0.234 e. The molecule has 1 aliphatic rings. The lowest BCUT2D eigenvalue weighted by molar-refractivity contribution is -0.134. The Morgan fingerprint density at radius 2 is 2.21 bits per heavy atom. The number of hydrogen-bond acceptors (Lipinski definition) is 4. The fourth-order valence-corrected chi connectivity index (χ4v) is 2.42.